The van der Waals surface area contributed by atoms with E-state index in [1.165, 1.54) is 58.5 Å². The molecule has 0 fully saturated rings. The molecule has 2 heteroatoms. The molecular formula is C13H30N2. The van der Waals surface area contributed by atoms with E-state index >= 15 is 0 Å². The van der Waals surface area contributed by atoms with Gasteiger partial charge >= 0.3 is 0 Å². The van der Waals surface area contributed by atoms with E-state index in [1.54, 1.807) is 0 Å². The lowest BCUT2D eigenvalue weighted by Crippen LogP contribution is -2.25. The van der Waals surface area contributed by atoms with Gasteiger partial charge in [0.2, 0.25) is 0 Å². The van der Waals surface area contributed by atoms with Crippen molar-refractivity contribution in [1.29, 1.82) is 0 Å². The van der Waals surface area contributed by atoms with E-state index in [1.807, 2.05) is 0 Å². The third-order valence-electron chi connectivity index (χ3n) is 3.24. The fourth-order valence-electron chi connectivity index (χ4n) is 1.93. The van der Waals surface area contributed by atoms with Crippen molar-refractivity contribution in [3.8, 4) is 0 Å². The summed E-state index contributed by atoms with van der Waals surface area (Å²) in [5.41, 5.74) is 0. The van der Waals surface area contributed by atoms with Crippen LogP contribution in [0.25, 0.3) is 0 Å². The Labute approximate surface area is 96.6 Å². The van der Waals surface area contributed by atoms with E-state index in [4.69, 9.17) is 0 Å². The van der Waals surface area contributed by atoms with Gasteiger partial charge in [0.05, 0.1) is 0 Å². The molecule has 0 aliphatic heterocycles. The summed E-state index contributed by atoms with van der Waals surface area (Å²) in [5.74, 6) is 0. The Morgan fingerprint density at radius 1 is 0.533 bits per heavy atom. The zero-order chi connectivity index (χ0) is 11.5. The molecule has 0 saturated carbocycles. The molecule has 0 aromatic rings. The molecule has 0 aromatic heterocycles. The van der Waals surface area contributed by atoms with Crippen molar-refractivity contribution in [3.05, 3.63) is 0 Å². The van der Waals surface area contributed by atoms with Gasteiger partial charge in [-0.2, -0.15) is 0 Å². The second-order valence-corrected chi connectivity index (χ2v) is 4.11. The first-order valence-electron chi connectivity index (χ1n) is 6.73. The largest absolute Gasteiger partial charge is 0.304 e. The van der Waals surface area contributed by atoms with Gasteiger partial charge in [0.25, 0.3) is 0 Å². The van der Waals surface area contributed by atoms with Crippen molar-refractivity contribution in [2.75, 3.05) is 39.3 Å². The zero-order valence-electron chi connectivity index (χ0n) is 11.3. The highest BCUT2D eigenvalue weighted by atomic mass is 15.1. The predicted octanol–water partition coefficient (Wildman–Crippen LogP) is 2.84. The van der Waals surface area contributed by atoms with Crippen LogP contribution < -0.4 is 0 Å². The van der Waals surface area contributed by atoms with Crippen LogP contribution in [-0.2, 0) is 0 Å². The highest BCUT2D eigenvalue weighted by molar-refractivity contribution is 4.56. The molecular weight excluding hydrogens is 184 g/mol. The van der Waals surface area contributed by atoms with Gasteiger partial charge in [-0.15, -0.1) is 0 Å². The molecule has 0 aliphatic carbocycles. The lowest BCUT2D eigenvalue weighted by molar-refractivity contribution is 0.276. The Bertz CT molecular complexity index is 104. The van der Waals surface area contributed by atoms with Crippen LogP contribution in [0.1, 0.15) is 47.0 Å². The van der Waals surface area contributed by atoms with Gasteiger partial charge in [-0.3, -0.25) is 0 Å². The Morgan fingerprint density at radius 3 is 1.13 bits per heavy atom. The number of unbranched alkanes of at least 4 members (excludes halogenated alkanes) is 2. The number of hydrogen-bond donors (Lipinski definition) is 0. The molecule has 0 bridgehead atoms. The zero-order valence-corrected chi connectivity index (χ0v) is 11.3. The van der Waals surface area contributed by atoms with Gasteiger partial charge in [0.15, 0.2) is 0 Å². The molecule has 0 aromatic carbocycles. The maximum Gasteiger partial charge on any atom is -0.00190 e. The molecule has 0 saturated heterocycles. The van der Waals surface area contributed by atoms with Crippen molar-refractivity contribution < 1.29 is 0 Å². The van der Waals surface area contributed by atoms with E-state index in [0.717, 1.165) is 0 Å². The van der Waals surface area contributed by atoms with Crippen molar-refractivity contribution >= 4 is 0 Å². The minimum absolute atomic E-state index is 1.20. The lowest BCUT2D eigenvalue weighted by Gasteiger charge is -2.19. The quantitative estimate of drug-likeness (QED) is 0.516. The summed E-state index contributed by atoms with van der Waals surface area (Å²) >= 11 is 0. The van der Waals surface area contributed by atoms with Gasteiger partial charge in [0.1, 0.15) is 0 Å². The van der Waals surface area contributed by atoms with Crippen LogP contribution in [-0.4, -0.2) is 49.1 Å². The fourth-order valence-corrected chi connectivity index (χ4v) is 1.93. The SMILES string of the molecule is CCN(CC)CCCCCN(CC)CC. The second kappa shape index (κ2) is 10.4. The Hall–Kier alpha value is -0.0800. The first-order valence-corrected chi connectivity index (χ1v) is 6.73. The highest BCUT2D eigenvalue weighted by Gasteiger charge is 2.00. The van der Waals surface area contributed by atoms with Gasteiger partial charge in [-0.25, -0.2) is 0 Å². The Morgan fingerprint density at radius 2 is 0.867 bits per heavy atom. The number of rotatable bonds is 10. The van der Waals surface area contributed by atoms with Crippen molar-refractivity contribution in [3.63, 3.8) is 0 Å². The molecule has 92 valence electrons. The van der Waals surface area contributed by atoms with Crippen molar-refractivity contribution in [2.45, 2.75) is 47.0 Å². The van der Waals surface area contributed by atoms with Gasteiger partial charge in [-0.05, 0) is 52.1 Å². The van der Waals surface area contributed by atoms with Crippen molar-refractivity contribution in [1.82, 2.24) is 9.80 Å². The minimum atomic E-state index is 1.20. The normalized spacial score (nSPS) is 11.6. The summed E-state index contributed by atoms with van der Waals surface area (Å²) in [6.07, 6.45) is 4.11. The first kappa shape index (κ1) is 14.9. The van der Waals surface area contributed by atoms with E-state index in [0.29, 0.717) is 0 Å². The third kappa shape index (κ3) is 7.80. The average Bonchev–Trinajstić information content (AvgIpc) is 2.29. The average molecular weight is 214 g/mol. The summed E-state index contributed by atoms with van der Waals surface area (Å²) in [5, 5.41) is 0. The summed E-state index contributed by atoms with van der Waals surface area (Å²) < 4.78 is 0. The van der Waals surface area contributed by atoms with Crippen LogP contribution in [0.3, 0.4) is 0 Å². The van der Waals surface area contributed by atoms with Crippen LogP contribution in [0.5, 0.6) is 0 Å². The van der Waals surface area contributed by atoms with E-state index in [2.05, 4.69) is 37.5 Å². The molecule has 0 rings (SSSR count). The molecule has 0 radical (unpaired) electrons. The third-order valence-corrected chi connectivity index (χ3v) is 3.24. The number of hydrogen-bond acceptors (Lipinski definition) is 2. The maximum atomic E-state index is 2.51. The molecule has 2 nitrogen and oxygen atoms in total. The molecule has 0 amide bonds. The lowest BCUT2D eigenvalue weighted by atomic mass is 10.2. The van der Waals surface area contributed by atoms with E-state index in [9.17, 15) is 0 Å². The van der Waals surface area contributed by atoms with Gasteiger partial charge in [-0.1, -0.05) is 34.1 Å². The smallest absolute Gasteiger partial charge is 0.00190 e. The summed E-state index contributed by atoms with van der Waals surface area (Å²) in [4.78, 5) is 5.02. The standard InChI is InChI=1S/C13H30N2/c1-5-14(6-2)12-10-9-11-13-15(7-3)8-4/h5-13H2,1-4H3. The van der Waals surface area contributed by atoms with Crippen molar-refractivity contribution in [2.24, 2.45) is 0 Å². The molecule has 0 N–H and O–H groups in total. The molecule has 0 heterocycles. The van der Waals surface area contributed by atoms with Gasteiger partial charge < -0.3 is 9.80 Å². The maximum absolute atomic E-state index is 2.51. The van der Waals surface area contributed by atoms with E-state index < -0.39 is 0 Å². The van der Waals surface area contributed by atoms with Crippen LogP contribution in [0.4, 0.5) is 0 Å². The van der Waals surface area contributed by atoms with Gasteiger partial charge in [0, 0.05) is 0 Å². The highest BCUT2D eigenvalue weighted by Crippen LogP contribution is 2.00. The first-order chi connectivity index (χ1) is 7.28. The fraction of sp³-hybridized carbons (Fsp3) is 1.00. The minimum Gasteiger partial charge on any atom is -0.304 e. The summed E-state index contributed by atoms with van der Waals surface area (Å²) in [6.45, 7) is 16.4. The molecule has 0 spiro atoms. The topological polar surface area (TPSA) is 6.48 Å². The molecule has 0 unspecified atom stereocenters. The summed E-state index contributed by atoms with van der Waals surface area (Å²) in [6, 6.07) is 0. The molecule has 15 heavy (non-hydrogen) atoms. The van der Waals surface area contributed by atoms with Crippen LogP contribution in [0.15, 0.2) is 0 Å². The van der Waals surface area contributed by atoms with Crippen LogP contribution >= 0.6 is 0 Å². The summed E-state index contributed by atoms with van der Waals surface area (Å²) in [7, 11) is 0. The Kier molecular flexibility index (Phi) is 10.4. The molecule has 0 aliphatic rings. The number of nitrogens with zero attached hydrogens (tertiary/aromatic N) is 2. The molecule has 0 atom stereocenters. The Balaban J connectivity index is 3.30. The van der Waals surface area contributed by atoms with E-state index in [-0.39, 0.29) is 0 Å². The predicted molar refractivity (Wildman–Crippen MR) is 69.4 cm³/mol. The monoisotopic (exact) mass is 214 g/mol. The second-order valence-electron chi connectivity index (χ2n) is 4.11. The van der Waals surface area contributed by atoms with Crippen LogP contribution in [0.2, 0.25) is 0 Å². The van der Waals surface area contributed by atoms with Crippen LogP contribution in [0, 0.1) is 0 Å².